The lowest BCUT2D eigenvalue weighted by Gasteiger charge is -2.12. The van der Waals surface area contributed by atoms with Crippen LogP contribution in [0.4, 0.5) is 0 Å². The van der Waals surface area contributed by atoms with Crippen molar-refractivity contribution in [3.8, 4) is 0 Å². The molecule has 1 aliphatic rings. The van der Waals surface area contributed by atoms with Gasteiger partial charge in [0, 0.05) is 24.7 Å². The summed E-state index contributed by atoms with van der Waals surface area (Å²) in [6.45, 7) is 0. The molecule has 0 radical (unpaired) electrons. The van der Waals surface area contributed by atoms with Crippen LogP contribution in [0, 0.1) is 5.92 Å². The number of hydrogen-bond acceptors (Lipinski definition) is 2. The molecule has 1 atom stereocenters. The van der Waals surface area contributed by atoms with Gasteiger partial charge in [-0.05, 0) is 37.0 Å². The fourth-order valence-electron chi connectivity index (χ4n) is 2.25. The lowest BCUT2D eigenvalue weighted by molar-refractivity contribution is -0.122. The SMILES string of the molecule is O=C1CCCCCC1Cc1ccncc1. The van der Waals surface area contributed by atoms with Gasteiger partial charge in [0.15, 0.2) is 0 Å². The summed E-state index contributed by atoms with van der Waals surface area (Å²) in [5.74, 6) is 0.721. The van der Waals surface area contributed by atoms with Gasteiger partial charge >= 0.3 is 0 Å². The molecule has 1 saturated carbocycles. The van der Waals surface area contributed by atoms with Crippen LogP contribution in [0.2, 0.25) is 0 Å². The zero-order valence-corrected chi connectivity index (χ0v) is 8.98. The van der Waals surface area contributed by atoms with Crippen LogP contribution in [0.15, 0.2) is 24.5 Å². The summed E-state index contributed by atoms with van der Waals surface area (Å²) in [7, 11) is 0. The van der Waals surface area contributed by atoms with Gasteiger partial charge in [0.05, 0.1) is 0 Å². The Hall–Kier alpha value is -1.18. The molecule has 0 aliphatic heterocycles. The highest BCUT2D eigenvalue weighted by Gasteiger charge is 2.20. The first kappa shape index (κ1) is 10.3. The third kappa shape index (κ3) is 2.88. The van der Waals surface area contributed by atoms with Gasteiger partial charge in [-0.15, -0.1) is 0 Å². The Bertz CT molecular complexity index is 321. The van der Waals surface area contributed by atoms with Crippen molar-refractivity contribution < 1.29 is 4.79 Å². The Kier molecular flexibility index (Phi) is 3.49. The number of aromatic nitrogens is 1. The van der Waals surface area contributed by atoms with Gasteiger partial charge in [-0.2, -0.15) is 0 Å². The molecule has 0 N–H and O–H groups in total. The summed E-state index contributed by atoms with van der Waals surface area (Å²) in [6, 6.07) is 4.02. The van der Waals surface area contributed by atoms with Crippen LogP contribution in [-0.2, 0) is 11.2 Å². The van der Waals surface area contributed by atoms with Crippen molar-refractivity contribution in [1.82, 2.24) is 4.98 Å². The normalized spacial score (nSPS) is 22.4. The van der Waals surface area contributed by atoms with Crippen molar-refractivity contribution in [3.63, 3.8) is 0 Å². The van der Waals surface area contributed by atoms with Gasteiger partial charge < -0.3 is 0 Å². The van der Waals surface area contributed by atoms with Crippen molar-refractivity contribution >= 4 is 5.78 Å². The Morgan fingerprint density at radius 1 is 1.20 bits per heavy atom. The molecular formula is C13H17NO. The molecule has 2 heteroatoms. The average molecular weight is 203 g/mol. The number of Topliss-reactive ketones (excluding diaryl/α,β-unsaturated/α-hetero) is 1. The zero-order chi connectivity index (χ0) is 10.5. The van der Waals surface area contributed by atoms with Gasteiger partial charge in [-0.1, -0.05) is 12.8 Å². The van der Waals surface area contributed by atoms with E-state index >= 15 is 0 Å². The number of rotatable bonds is 2. The Morgan fingerprint density at radius 2 is 2.00 bits per heavy atom. The number of carbonyl (C=O) groups excluding carboxylic acids is 1. The highest BCUT2D eigenvalue weighted by atomic mass is 16.1. The minimum atomic E-state index is 0.259. The van der Waals surface area contributed by atoms with Gasteiger partial charge in [0.1, 0.15) is 5.78 Å². The van der Waals surface area contributed by atoms with Crippen molar-refractivity contribution in [2.75, 3.05) is 0 Å². The van der Waals surface area contributed by atoms with Crippen molar-refractivity contribution in [3.05, 3.63) is 30.1 Å². The van der Waals surface area contributed by atoms with E-state index in [2.05, 4.69) is 4.98 Å². The number of carbonyl (C=O) groups is 1. The first-order chi connectivity index (χ1) is 7.36. The van der Waals surface area contributed by atoms with E-state index in [1.165, 1.54) is 18.4 Å². The van der Waals surface area contributed by atoms with E-state index in [-0.39, 0.29) is 5.92 Å². The third-order valence-corrected chi connectivity index (χ3v) is 3.16. The smallest absolute Gasteiger partial charge is 0.136 e. The largest absolute Gasteiger partial charge is 0.299 e. The fourth-order valence-corrected chi connectivity index (χ4v) is 2.25. The topological polar surface area (TPSA) is 30.0 Å². The molecule has 15 heavy (non-hydrogen) atoms. The quantitative estimate of drug-likeness (QED) is 0.692. The summed E-state index contributed by atoms with van der Waals surface area (Å²) < 4.78 is 0. The zero-order valence-electron chi connectivity index (χ0n) is 8.98. The van der Waals surface area contributed by atoms with Gasteiger partial charge in [-0.3, -0.25) is 9.78 Å². The molecule has 1 unspecified atom stereocenters. The summed E-state index contributed by atoms with van der Waals surface area (Å²) in [6.07, 6.45) is 9.89. The molecule has 0 amide bonds. The van der Waals surface area contributed by atoms with E-state index in [4.69, 9.17) is 0 Å². The van der Waals surface area contributed by atoms with Crippen LogP contribution < -0.4 is 0 Å². The lowest BCUT2D eigenvalue weighted by Crippen LogP contribution is -2.15. The van der Waals surface area contributed by atoms with Gasteiger partial charge in [0.2, 0.25) is 0 Å². The van der Waals surface area contributed by atoms with Gasteiger partial charge in [-0.25, -0.2) is 0 Å². The summed E-state index contributed by atoms with van der Waals surface area (Å²) in [5.41, 5.74) is 1.24. The molecule has 2 nitrogen and oxygen atoms in total. The molecule has 2 rings (SSSR count). The van der Waals surface area contributed by atoms with E-state index in [1.807, 2.05) is 12.1 Å². The summed E-state index contributed by atoms with van der Waals surface area (Å²) in [5, 5.41) is 0. The number of pyridine rings is 1. The molecule has 80 valence electrons. The first-order valence-corrected chi connectivity index (χ1v) is 5.78. The second-order valence-corrected chi connectivity index (χ2v) is 4.32. The monoisotopic (exact) mass is 203 g/mol. The highest BCUT2D eigenvalue weighted by molar-refractivity contribution is 5.81. The maximum atomic E-state index is 11.8. The van der Waals surface area contributed by atoms with Crippen LogP contribution in [0.1, 0.15) is 37.7 Å². The van der Waals surface area contributed by atoms with Crippen molar-refractivity contribution in [2.24, 2.45) is 5.92 Å². The van der Waals surface area contributed by atoms with Crippen molar-refractivity contribution in [2.45, 2.75) is 38.5 Å². The molecule has 1 aromatic heterocycles. The molecule has 1 aromatic rings. The predicted molar refractivity (Wildman–Crippen MR) is 59.5 cm³/mol. The molecule has 0 bridgehead atoms. The predicted octanol–water partition coefficient (Wildman–Crippen LogP) is 2.77. The maximum Gasteiger partial charge on any atom is 0.136 e. The van der Waals surface area contributed by atoms with E-state index in [0.29, 0.717) is 5.78 Å². The van der Waals surface area contributed by atoms with Crippen LogP contribution >= 0.6 is 0 Å². The Labute approximate surface area is 90.7 Å². The first-order valence-electron chi connectivity index (χ1n) is 5.78. The highest BCUT2D eigenvalue weighted by Crippen LogP contribution is 2.23. The molecule has 0 aromatic carbocycles. The number of hydrogen-bond donors (Lipinski definition) is 0. The van der Waals surface area contributed by atoms with Crippen molar-refractivity contribution in [1.29, 1.82) is 0 Å². The fraction of sp³-hybridized carbons (Fsp3) is 0.538. The molecule has 1 aliphatic carbocycles. The number of ketones is 1. The minimum Gasteiger partial charge on any atom is -0.299 e. The Morgan fingerprint density at radius 3 is 2.80 bits per heavy atom. The molecular weight excluding hydrogens is 186 g/mol. The Balaban J connectivity index is 2.01. The standard InChI is InChI=1S/C13H17NO/c15-13-5-3-1-2-4-12(13)10-11-6-8-14-9-7-11/h6-9,12H,1-5,10H2. The summed E-state index contributed by atoms with van der Waals surface area (Å²) >= 11 is 0. The third-order valence-electron chi connectivity index (χ3n) is 3.16. The lowest BCUT2D eigenvalue weighted by atomic mass is 9.92. The van der Waals surface area contributed by atoms with Crippen LogP contribution in [0.25, 0.3) is 0 Å². The second-order valence-electron chi connectivity index (χ2n) is 4.32. The van der Waals surface area contributed by atoms with Crippen LogP contribution in [-0.4, -0.2) is 10.8 Å². The van der Waals surface area contributed by atoms with E-state index < -0.39 is 0 Å². The second kappa shape index (κ2) is 5.06. The van der Waals surface area contributed by atoms with Gasteiger partial charge in [0.25, 0.3) is 0 Å². The van der Waals surface area contributed by atoms with Crippen LogP contribution in [0.5, 0.6) is 0 Å². The summed E-state index contributed by atoms with van der Waals surface area (Å²) in [4.78, 5) is 15.8. The minimum absolute atomic E-state index is 0.259. The van der Waals surface area contributed by atoms with Crippen LogP contribution in [0.3, 0.4) is 0 Å². The molecule has 0 saturated heterocycles. The molecule has 1 heterocycles. The average Bonchev–Trinajstić information content (AvgIpc) is 2.46. The molecule has 0 spiro atoms. The molecule has 1 fully saturated rings. The maximum absolute atomic E-state index is 11.8. The van der Waals surface area contributed by atoms with E-state index in [1.54, 1.807) is 12.4 Å². The van der Waals surface area contributed by atoms with E-state index in [9.17, 15) is 4.79 Å². The van der Waals surface area contributed by atoms with E-state index in [0.717, 1.165) is 25.7 Å². The number of nitrogens with zero attached hydrogens (tertiary/aromatic N) is 1.